The number of allylic oxidation sites excluding steroid dienone is 2. The maximum absolute atomic E-state index is 12.6. The second-order valence-corrected chi connectivity index (χ2v) is 11.3. The summed E-state index contributed by atoms with van der Waals surface area (Å²) in [5.41, 5.74) is 0.425. The Morgan fingerprint density at radius 2 is 1.69 bits per heavy atom. The number of hydrogen-bond donors (Lipinski definition) is 1. The first-order chi connectivity index (χ1) is 12.7. The highest BCUT2D eigenvalue weighted by Crippen LogP contribution is 2.77. The lowest BCUT2D eigenvalue weighted by molar-refractivity contribution is -0.153. The first kappa shape index (κ1) is 15.2. The number of fused-ring (bicyclic) bond motifs is 14. The molecule has 0 heterocycles. The van der Waals surface area contributed by atoms with Gasteiger partial charge in [0.2, 0.25) is 0 Å². The lowest BCUT2D eigenvalue weighted by Gasteiger charge is -2.52. The number of carbonyl (C=O) groups is 1. The molecule has 1 N–H and O–H groups in total. The summed E-state index contributed by atoms with van der Waals surface area (Å²) in [5, 5.41) is 10.4. The Morgan fingerprint density at radius 1 is 0.923 bits per heavy atom. The molecule has 7 aliphatic rings. The maximum atomic E-state index is 12.6. The van der Waals surface area contributed by atoms with Crippen molar-refractivity contribution in [1.29, 1.82) is 0 Å². The van der Waals surface area contributed by atoms with Gasteiger partial charge in [0.15, 0.2) is 0 Å². The predicted molar refractivity (Wildman–Crippen MR) is 99.2 cm³/mol. The van der Waals surface area contributed by atoms with Crippen molar-refractivity contribution in [2.24, 2.45) is 70.5 Å². The molecule has 26 heavy (non-hydrogen) atoms. The molecule has 0 amide bonds. The van der Waals surface area contributed by atoms with Crippen molar-refractivity contribution in [1.82, 2.24) is 0 Å². The highest BCUT2D eigenvalue weighted by atomic mass is 16.4. The second kappa shape index (κ2) is 4.78. The van der Waals surface area contributed by atoms with Crippen LogP contribution in [0.5, 0.6) is 0 Å². The van der Waals surface area contributed by atoms with Gasteiger partial charge in [0, 0.05) is 0 Å². The summed E-state index contributed by atoms with van der Waals surface area (Å²) in [4.78, 5) is 12.6. The highest BCUT2D eigenvalue weighted by molar-refractivity contribution is 5.72. The molecule has 6 bridgehead atoms. The third-order valence-electron chi connectivity index (χ3n) is 11.2. The number of rotatable bonds is 2. The second-order valence-electron chi connectivity index (χ2n) is 11.3. The molecule has 2 heteroatoms. The van der Waals surface area contributed by atoms with Crippen LogP contribution < -0.4 is 0 Å². The monoisotopic (exact) mass is 352 g/mol. The van der Waals surface area contributed by atoms with Gasteiger partial charge in [-0.05, 0) is 110 Å². The number of hydrogen-bond acceptors (Lipinski definition) is 1. The van der Waals surface area contributed by atoms with Crippen molar-refractivity contribution in [3.8, 4) is 0 Å². The van der Waals surface area contributed by atoms with Gasteiger partial charge in [0.25, 0.3) is 0 Å². The van der Waals surface area contributed by atoms with Crippen molar-refractivity contribution in [2.45, 2.75) is 57.8 Å². The minimum Gasteiger partial charge on any atom is -0.481 e. The van der Waals surface area contributed by atoms with Gasteiger partial charge in [0.1, 0.15) is 0 Å². The van der Waals surface area contributed by atoms with Crippen LogP contribution in [0.3, 0.4) is 0 Å². The van der Waals surface area contributed by atoms with E-state index in [0.717, 1.165) is 47.3 Å². The van der Waals surface area contributed by atoms with Crippen LogP contribution in [0.15, 0.2) is 12.2 Å². The van der Waals surface area contributed by atoms with E-state index in [9.17, 15) is 9.90 Å². The Kier molecular flexibility index (Phi) is 2.79. The van der Waals surface area contributed by atoms with Crippen LogP contribution in [0.4, 0.5) is 0 Å². The molecule has 0 aromatic carbocycles. The standard InChI is InChI=1S/C24H32O2/c25-23(26)21-16-10-17(20-13-6-5-12(9-13)19(16)20)22(21)24-8-7-14(11-24)15-3-1-2-4-18(15)24/h5-6,12-22H,1-4,7-11H2,(H,25,26). The topological polar surface area (TPSA) is 37.3 Å². The molecule has 0 aromatic heterocycles. The summed E-state index contributed by atoms with van der Waals surface area (Å²) in [5.74, 6) is 7.23. The Morgan fingerprint density at radius 3 is 2.50 bits per heavy atom. The minimum atomic E-state index is -0.426. The van der Waals surface area contributed by atoms with Gasteiger partial charge in [-0.25, -0.2) is 0 Å². The molecule has 7 aliphatic carbocycles. The van der Waals surface area contributed by atoms with Crippen LogP contribution >= 0.6 is 0 Å². The van der Waals surface area contributed by atoms with Crippen LogP contribution in [0, 0.1) is 70.5 Å². The lowest BCUT2D eigenvalue weighted by Crippen LogP contribution is -2.50. The molecule has 140 valence electrons. The Bertz CT molecular complexity index is 696. The molecule has 0 spiro atoms. The summed E-state index contributed by atoms with van der Waals surface area (Å²) in [6.07, 6.45) is 17.5. The summed E-state index contributed by atoms with van der Waals surface area (Å²) < 4.78 is 0. The van der Waals surface area contributed by atoms with E-state index in [1.807, 2.05) is 0 Å². The Balaban J connectivity index is 1.33. The third kappa shape index (κ3) is 1.54. The molecule has 0 aliphatic heterocycles. The molecular weight excluding hydrogens is 320 g/mol. The van der Waals surface area contributed by atoms with Gasteiger partial charge in [0.05, 0.1) is 5.92 Å². The van der Waals surface area contributed by atoms with Crippen LogP contribution in [0.2, 0.25) is 0 Å². The maximum Gasteiger partial charge on any atom is 0.307 e. The zero-order chi connectivity index (χ0) is 17.2. The van der Waals surface area contributed by atoms with Crippen molar-refractivity contribution in [2.75, 3.05) is 0 Å². The van der Waals surface area contributed by atoms with E-state index in [0.29, 0.717) is 17.3 Å². The largest absolute Gasteiger partial charge is 0.481 e. The van der Waals surface area contributed by atoms with E-state index in [4.69, 9.17) is 0 Å². The summed E-state index contributed by atoms with van der Waals surface area (Å²) in [7, 11) is 0. The Labute approximate surface area is 156 Å². The van der Waals surface area contributed by atoms with E-state index in [1.165, 1.54) is 57.8 Å². The normalized spacial score (nSPS) is 63.5. The first-order valence-electron chi connectivity index (χ1n) is 11.6. The van der Waals surface area contributed by atoms with Gasteiger partial charge in [-0.2, -0.15) is 0 Å². The van der Waals surface area contributed by atoms with Gasteiger partial charge in [-0.1, -0.05) is 25.0 Å². The number of carboxylic acids is 1. The van der Waals surface area contributed by atoms with Crippen LogP contribution in [-0.2, 0) is 4.79 Å². The zero-order valence-electron chi connectivity index (χ0n) is 15.7. The molecular formula is C24H32O2. The molecule has 0 aromatic rings. The SMILES string of the molecule is O=C(O)C1C2CC(C3C4C=CC(C4)C23)C1C12CCC(C1)C1CCCCC12. The third-order valence-corrected chi connectivity index (χ3v) is 11.2. The number of aliphatic carboxylic acids is 1. The fourth-order valence-corrected chi connectivity index (χ4v) is 11.0. The predicted octanol–water partition coefficient (Wildman–Crippen LogP) is 5.00. The van der Waals surface area contributed by atoms with E-state index in [2.05, 4.69) is 12.2 Å². The van der Waals surface area contributed by atoms with E-state index < -0.39 is 5.97 Å². The molecule has 12 atom stereocenters. The van der Waals surface area contributed by atoms with Crippen LogP contribution in [-0.4, -0.2) is 11.1 Å². The van der Waals surface area contributed by atoms with Crippen LogP contribution in [0.1, 0.15) is 57.8 Å². The van der Waals surface area contributed by atoms with Gasteiger partial charge in [-0.15, -0.1) is 0 Å². The van der Waals surface area contributed by atoms with Gasteiger partial charge < -0.3 is 5.11 Å². The minimum absolute atomic E-state index is 0.00609. The molecule has 7 rings (SSSR count). The van der Waals surface area contributed by atoms with Crippen molar-refractivity contribution >= 4 is 5.97 Å². The average molecular weight is 353 g/mol. The molecule has 0 saturated heterocycles. The smallest absolute Gasteiger partial charge is 0.307 e. The molecule has 2 nitrogen and oxygen atoms in total. The summed E-state index contributed by atoms with van der Waals surface area (Å²) in [6, 6.07) is 0. The van der Waals surface area contributed by atoms with Gasteiger partial charge in [-0.3, -0.25) is 4.79 Å². The average Bonchev–Trinajstić information content (AvgIpc) is 3.47. The van der Waals surface area contributed by atoms with Crippen LogP contribution in [0.25, 0.3) is 0 Å². The highest BCUT2D eigenvalue weighted by Gasteiger charge is 2.73. The molecule has 0 radical (unpaired) electrons. The summed E-state index contributed by atoms with van der Waals surface area (Å²) >= 11 is 0. The zero-order valence-corrected chi connectivity index (χ0v) is 15.7. The quantitative estimate of drug-likeness (QED) is 0.561. The van der Waals surface area contributed by atoms with E-state index in [1.54, 1.807) is 0 Å². The Hall–Kier alpha value is -0.790. The van der Waals surface area contributed by atoms with Gasteiger partial charge >= 0.3 is 5.97 Å². The van der Waals surface area contributed by atoms with Crippen molar-refractivity contribution in [3.63, 3.8) is 0 Å². The first-order valence-corrected chi connectivity index (χ1v) is 11.6. The summed E-state index contributed by atoms with van der Waals surface area (Å²) in [6.45, 7) is 0. The molecule has 6 fully saturated rings. The fourth-order valence-electron chi connectivity index (χ4n) is 11.0. The van der Waals surface area contributed by atoms with E-state index in [-0.39, 0.29) is 5.92 Å². The molecule has 6 saturated carbocycles. The fraction of sp³-hybridized carbons (Fsp3) is 0.875. The molecule has 12 unspecified atom stereocenters. The van der Waals surface area contributed by atoms with Crippen molar-refractivity contribution < 1.29 is 9.90 Å². The lowest BCUT2D eigenvalue weighted by atomic mass is 9.51. The van der Waals surface area contributed by atoms with E-state index >= 15 is 0 Å². The number of carboxylic acid groups (broad SMARTS) is 1. The van der Waals surface area contributed by atoms with Crippen molar-refractivity contribution in [3.05, 3.63) is 12.2 Å².